The van der Waals surface area contributed by atoms with Crippen LogP contribution < -0.4 is 24.0 Å². The molecule has 1 aliphatic rings. The van der Waals surface area contributed by atoms with Gasteiger partial charge in [-0.3, -0.25) is 0 Å². The van der Waals surface area contributed by atoms with Crippen LogP contribution in [0.15, 0.2) is 35.7 Å². The van der Waals surface area contributed by atoms with Gasteiger partial charge in [0.1, 0.15) is 7.05 Å². The molecule has 1 aliphatic heterocycles. The molecule has 0 saturated heterocycles. The highest BCUT2D eigenvalue weighted by Gasteiger charge is 2.21. The average Bonchev–Trinajstić information content (AvgIpc) is 2.30. The van der Waals surface area contributed by atoms with Crippen LogP contribution in [0.2, 0.25) is 0 Å². The van der Waals surface area contributed by atoms with E-state index in [0.717, 1.165) is 5.75 Å². The number of halogens is 1. The fraction of sp³-hybridized carbons (Fsp3) is 0.250. The van der Waals surface area contributed by atoms with Gasteiger partial charge in [0, 0.05) is 11.0 Å². The lowest BCUT2D eigenvalue weighted by Gasteiger charge is -2.11. The second-order valence-corrected chi connectivity index (χ2v) is 5.07. The van der Waals surface area contributed by atoms with Crippen molar-refractivity contribution in [1.82, 2.24) is 0 Å². The lowest BCUT2D eigenvalue weighted by molar-refractivity contribution is -0.392. The van der Waals surface area contributed by atoms with Crippen LogP contribution in [0.25, 0.3) is 5.70 Å². The molecule has 0 atom stereocenters. The molecular weight excluding hydrogens is 349 g/mol. The Labute approximate surface area is 122 Å². The number of nitrogens with zero attached hydrogens (tertiary/aromatic N) is 1. The summed E-state index contributed by atoms with van der Waals surface area (Å²) in [6.45, 7) is 0. The molecule has 1 aromatic carbocycles. The normalized spacial score (nSPS) is 15.5. The van der Waals surface area contributed by atoms with Crippen molar-refractivity contribution in [1.29, 1.82) is 0 Å². The van der Waals surface area contributed by atoms with Crippen molar-refractivity contribution in [2.75, 3.05) is 19.1 Å². The van der Waals surface area contributed by atoms with Crippen molar-refractivity contribution in [3.63, 3.8) is 0 Å². The molecule has 0 N–H and O–H groups in total. The summed E-state index contributed by atoms with van der Waals surface area (Å²) >= 11 is 3.71. The number of hydrogen-bond acceptors (Lipinski definition) is 2. The van der Waals surface area contributed by atoms with Crippen molar-refractivity contribution in [3.8, 4) is 0 Å². The minimum atomic E-state index is 0. The van der Waals surface area contributed by atoms with Gasteiger partial charge in [-0.15, -0.1) is 11.8 Å². The van der Waals surface area contributed by atoms with E-state index in [1.807, 2.05) is 23.5 Å². The molecule has 0 spiro atoms. The maximum atomic E-state index is 2.29. The molecule has 16 heavy (non-hydrogen) atoms. The maximum Gasteiger partial charge on any atom is 0.226 e. The Bertz CT molecular complexity index is 412. The molecule has 0 saturated carbocycles. The fourth-order valence-electron chi connectivity index (χ4n) is 1.57. The van der Waals surface area contributed by atoms with E-state index in [-0.39, 0.29) is 24.0 Å². The van der Waals surface area contributed by atoms with Gasteiger partial charge in [-0.1, -0.05) is 30.0 Å². The van der Waals surface area contributed by atoms with Crippen LogP contribution in [0.1, 0.15) is 5.56 Å². The molecule has 1 nitrogen and oxygen atoms in total. The molecule has 0 fully saturated rings. The SMILES string of the molecule is CSC1=[N+](C)C(c2ccccc2)=CSC1.[I-]. The van der Waals surface area contributed by atoms with Crippen LogP contribution in [-0.4, -0.2) is 28.7 Å². The quantitative estimate of drug-likeness (QED) is 0.516. The smallest absolute Gasteiger partial charge is 0.226 e. The first kappa shape index (κ1) is 14.1. The predicted molar refractivity (Wildman–Crippen MR) is 71.6 cm³/mol. The standard InChI is InChI=1S/C12H14NS2.HI/c1-13-11(8-15-9-12(13)14-2)10-6-4-3-5-7-10;/h3-8H,9H2,1-2H3;1H/q+1;/p-1. The highest BCUT2D eigenvalue weighted by Crippen LogP contribution is 2.25. The lowest BCUT2D eigenvalue weighted by Crippen LogP contribution is -3.00. The van der Waals surface area contributed by atoms with Gasteiger partial charge in [0.2, 0.25) is 10.7 Å². The second kappa shape index (κ2) is 6.71. The largest absolute Gasteiger partial charge is 1.00 e. The summed E-state index contributed by atoms with van der Waals surface area (Å²) < 4.78 is 2.29. The van der Waals surface area contributed by atoms with E-state index in [1.165, 1.54) is 16.3 Å². The summed E-state index contributed by atoms with van der Waals surface area (Å²) in [4.78, 5) is 0. The summed E-state index contributed by atoms with van der Waals surface area (Å²) in [7, 11) is 2.14. The van der Waals surface area contributed by atoms with E-state index < -0.39 is 0 Å². The van der Waals surface area contributed by atoms with Gasteiger partial charge in [0.25, 0.3) is 0 Å². The Morgan fingerprint density at radius 3 is 2.56 bits per heavy atom. The van der Waals surface area contributed by atoms with Gasteiger partial charge in [0.15, 0.2) is 0 Å². The molecule has 0 radical (unpaired) electrons. The minimum Gasteiger partial charge on any atom is -1.00 e. The lowest BCUT2D eigenvalue weighted by atomic mass is 10.2. The highest BCUT2D eigenvalue weighted by atomic mass is 127. The fourth-order valence-corrected chi connectivity index (χ4v) is 3.49. The molecule has 0 aromatic heterocycles. The summed E-state index contributed by atoms with van der Waals surface area (Å²) in [5.41, 5.74) is 2.59. The first-order chi connectivity index (χ1) is 7.33. The van der Waals surface area contributed by atoms with Gasteiger partial charge in [-0.2, -0.15) is 4.58 Å². The van der Waals surface area contributed by atoms with Crippen molar-refractivity contribution in [2.24, 2.45) is 0 Å². The molecule has 1 heterocycles. The van der Waals surface area contributed by atoms with Crippen LogP contribution in [-0.2, 0) is 0 Å². The van der Waals surface area contributed by atoms with Gasteiger partial charge in [-0.25, -0.2) is 0 Å². The monoisotopic (exact) mass is 363 g/mol. The maximum absolute atomic E-state index is 2.29. The molecule has 1 aromatic rings. The zero-order chi connectivity index (χ0) is 10.7. The molecule has 0 unspecified atom stereocenters. The van der Waals surface area contributed by atoms with Crippen LogP contribution >= 0.6 is 23.5 Å². The second-order valence-electron chi connectivity index (χ2n) is 3.34. The molecule has 0 aliphatic carbocycles. The third kappa shape index (κ3) is 3.05. The summed E-state index contributed by atoms with van der Waals surface area (Å²) in [6.07, 6.45) is 2.14. The third-order valence-electron chi connectivity index (χ3n) is 2.44. The van der Waals surface area contributed by atoms with Crippen LogP contribution in [0, 0.1) is 0 Å². The number of benzene rings is 1. The molecule has 0 bridgehead atoms. The Morgan fingerprint density at radius 2 is 1.94 bits per heavy atom. The van der Waals surface area contributed by atoms with Crippen molar-refractivity contribution in [3.05, 3.63) is 41.3 Å². The average molecular weight is 363 g/mol. The van der Waals surface area contributed by atoms with Crippen LogP contribution in [0.3, 0.4) is 0 Å². The molecule has 86 valence electrons. The van der Waals surface area contributed by atoms with E-state index in [0.29, 0.717) is 0 Å². The summed E-state index contributed by atoms with van der Waals surface area (Å²) in [6, 6.07) is 10.5. The Kier molecular flexibility index (Phi) is 5.92. The number of thioether (sulfide) groups is 2. The van der Waals surface area contributed by atoms with E-state index in [9.17, 15) is 0 Å². The van der Waals surface area contributed by atoms with Crippen molar-refractivity contribution in [2.45, 2.75) is 0 Å². The van der Waals surface area contributed by atoms with Crippen LogP contribution in [0.4, 0.5) is 0 Å². The van der Waals surface area contributed by atoms with E-state index >= 15 is 0 Å². The summed E-state index contributed by atoms with van der Waals surface area (Å²) in [5, 5.41) is 3.66. The number of rotatable bonds is 1. The zero-order valence-corrected chi connectivity index (χ0v) is 13.1. The zero-order valence-electron chi connectivity index (χ0n) is 9.31. The van der Waals surface area contributed by atoms with Crippen molar-refractivity contribution >= 4 is 34.3 Å². The molecular formula is C12H14INS2. The van der Waals surface area contributed by atoms with Crippen LogP contribution in [0.5, 0.6) is 0 Å². The van der Waals surface area contributed by atoms with E-state index in [1.54, 1.807) is 0 Å². The van der Waals surface area contributed by atoms with Gasteiger partial charge < -0.3 is 24.0 Å². The Morgan fingerprint density at radius 1 is 1.25 bits per heavy atom. The minimum absolute atomic E-state index is 0. The Balaban J connectivity index is 0.00000128. The summed E-state index contributed by atoms with van der Waals surface area (Å²) in [5.74, 6) is 1.09. The van der Waals surface area contributed by atoms with E-state index in [4.69, 9.17) is 0 Å². The predicted octanol–water partition coefficient (Wildman–Crippen LogP) is 0.140. The van der Waals surface area contributed by atoms with Crippen molar-refractivity contribution < 1.29 is 28.6 Å². The highest BCUT2D eigenvalue weighted by molar-refractivity contribution is 8.15. The molecule has 2 rings (SSSR count). The van der Waals surface area contributed by atoms with Gasteiger partial charge in [0.05, 0.1) is 5.75 Å². The number of hydrogen-bond donors (Lipinski definition) is 0. The molecule has 0 amide bonds. The molecule has 4 heteroatoms. The van der Waals surface area contributed by atoms with Gasteiger partial charge >= 0.3 is 0 Å². The van der Waals surface area contributed by atoms with E-state index in [2.05, 4.69) is 53.6 Å². The topological polar surface area (TPSA) is 3.01 Å². The first-order valence-electron chi connectivity index (χ1n) is 4.83. The first-order valence-corrected chi connectivity index (χ1v) is 7.11. The van der Waals surface area contributed by atoms with Gasteiger partial charge in [-0.05, 0) is 18.4 Å². The Hall–Kier alpha value is 0.0600. The third-order valence-corrected chi connectivity index (χ3v) is 4.34.